The van der Waals surface area contributed by atoms with Gasteiger partial charge in [-0.25, -0.2) is 23.5 Å². The van der Waals surface area contributed by atoms with Gasteiger partial charge >= 0.3 is 0 Å². The van der Waals surface area contributed by atoms with Crippen LogP contribution in [0.3, 0.4) is 0 Å². The number of primary sulfonamides is 1. The number of rotatable bonds is 4. The van der Waals surface area contributed by atoms with E-state index in [1.807, 2.05) is 24.4 Å². The average molecular weight is 334 g/mol. The van der Waals surface area contributed by atoms with Gasteiger partial charge in [-0.1, -0.05) is 12.1 Å². The van der Waals surface area contributed by atoms with Gasteiger partial charge in [-0.05, 0) is 36.1 Å². The number of sulfonamides is 1. The smallest absolute Gasteiger partial charge is 0.238 e. The van der Waals surface area contributed by atoms with Crippen LogP contribution in [0.15, 0.2) is 46.9 Å². The first kappa shape index (κ1) is 14.9. The summed E-state index contributed by atoms with van der Waals surface area (Å²) in [4.78, 5) is 8.55. The molecule has 2 heterocycles. The zero-order chi connectivity index (χ0) is 15.7. The van der Waals surface area contributed by atoms with Gasteiger partial charge in [0.05, 0.1) is 21.2 Å². The van der Waals surface area contributed by atoms with E-state index < -0.39 is 10.0 Å². The molecule has 0 spiro atoms. The van der Waals surface area contributed by atoms with E-state index in [0.717, 1.165) is 21.6 Å². The first-order valence-electron chi connectivity index (χ1n) is 6.52. The van der Waals surface area contributed by atoms with Crippen LogP contribution in [0.4, 0.5) is 5.82 Å². The highest BCUT2D eigenvalue weighted by Crippen LogP contribution is 2.28. The molecule has 0 aliphatic rings. The van der Waals surface area contributed by atoms with Crippen molar-refractivity contribution in [2.45, 2.75) is 17.9 Å². The van der Waals surface area contributed by atoms with Crippen molar-refractivity contribution in [2.24, 2.45) is 5.14 Å². The Kier molecular flexibility index (Phi) is 3.81. The maximum Gasteiger partial charge on any atom is 0.238 e. The second kappa shape index (κ2) is 5.64. The summed E-state index contributed by atoms with van der Waals surface area (Å²) < 4.78 is 23.9. The molecule has 0 saturated carbocycles. The van der Waals surface area contributed by atoms with Gasteiger partial charge in [-0.3, -0.25) is 0 Å². The summed E-state index contributed by atoms with van der Waals surface area (Å²) in [6.45, 7) is 1.93. The van der Waals surface area contributed by atoms with Crippen molar-refractivity contribution in [2.75, 3.05) is 5.32 Å². The maximum absolute atomic E-state index is 11.4. The number of benzene rings is 1. The lowest BCUT2D eigenvalue weighted by atomic mass is 10.1. The first-order chi connectivity index (χ1) is 10.4. The quantitative estimate of drug-likeness (QED) is 0.764. The Bertz CT molecular complexity index is 921. The van der Waals surface area contributed by atoms with Crippen LogP contribution < -0.4 is 10.5 Å². The van der Waals surface area contributed by atoms with Crippen molar-refractivity contribution in [3.05, 3.63) is 47.6 Å². The van der Waals surface area contributed by atoms with Crippen LogP contribution in [-0.2, 0) is 10.0 Å². The molecule has 8 heteroatoms. The zero-order valence-electron chi connectivity index (χ0n) is 11.7. The molecule has 114 valence electrons. The molecule has 0 radical (unpaired) electrons. The van der Waals surface area contributed by atoms with E-state index in [4.69, 9.17) is 5.14 Å². The van der Waals surface area contributed by atoms with Gasteiger partial charge in [-0.2, -0.15) is 0 Å². The number of anilines is 1. The molecule has 22 heavy (non-hydrogen) atoms. The third-order valence-corrected chi connectivity index (χ3v) is 5.10. The van der Waals surface area contributed by atoms with E-state index in [9.17, 15) is 8.42 Å². The summed E-state index contributed by atoms with van der Waals surface area (Å²) in [5.41, 5.74) is 1.70. The molecule has 2 aromatic heterocycles. The lowest BCUT2D eigenvalue weighted by molar-refractivity contribution is 0.597. The second-order valence-electron chi connectivity index (χ2n) is 4.84. The fourth-order valence-electron chi connectivity index (χ4n) is 2.14. The standard InChI is InChI=1S/C14H14N4O2S2/c1-9(10-3-2-4-11(7-10)22(15,19)20)18-14-13-12(5-6-21-13)16-8-17-14/h2-9H,1H3,(H2,15,19,20)(H,16,17,18)/t9-/m0/s1. The molecule has 3 rings (SSSR count). The average Bonchev–Trinajstić information content (AvgIpc) is 2.96. The van der Waals surface area contributed by atoms with Gasteiger partial charge in [-0.15, -0.1) is 11.3 Å². The minimum Gasteiger partial charge on any atom is -0.362 e. The van der Waals surface area contributed by atoms with Gasteiger partial charge in [0.2, 0.25) is 10.0 Å². The van der Waals surface area contributed by atoms with Crippen LogP contribution in [-0.4, -0.2) is 18.4 Å². The molecule has 1 atom stereocenters. The number of thiophene rings is 1. The SMILES string of the molecule is C[C@H](Nc1ncnc2ccsc12)c1cccc(S(N)(=O)=O)c1. The Hall–Kier alpha value is -2.03. The third-order valence-electron chi connectivity index (χ3n) is 3.28. The highest BCUT2D eigenvalue weighted by molar-refractivity contribution is 7.89. The fourth-order valence-corrected chi connectivity index (χ4v) is 3.51. The predicted molar refractivity (Wildman–Crippen MR) is 87.3 cm³/mol. The summed E-state index contributed by atoms with van der Waals surface area (Å²) in [7, 11) is -3.71. The van der Waals surface area contributed by atoms with Crippen molar-refractivity contribution in [3.63, 3.8) is 0 Å². The highest BCUT2D eigenvalue weighted by Gasteiger charge is 2.13. The molecule has 3 N–H and O–H groups in total. The molecular formula is C14H14N4O2S2. The van der Waals surface area contributed by atoms with E-state index in [1.54, 1.807) is 23.5 Å². The summed E-state index contributed by atoms with van der Waals surface area (Å²) in [6.07, 6.45) is 1.50. The molecule has 0 fully saturated rings. The van der Waals surface area contributed by atoms with Crippen molar-refractivity contribution >= 4 is 37.4 Å². The van der Waals surface area contributed by atoms with E-state index >= 15 is 0 Å². The fraction of sp³-hybridized carbons (Fsp3) is 0.143. The van der Waals surface area contributed by atoms with E-state index in [0.29, 0.717) is 0 Å². The second-order valence-corrected chi connectivity index (χ2v) is 7.32. The molecular weight excluding hydrogens is 320 g/mol. The number of nitrogens with one attached hydrogen (secondary N) is 1. The number of hydrogen-bond acceptors (Lipinski definition) is 6. The summed E-state index contributed by atoms with van der Waals surface area (Å²) >= 11 is 1.56. The van der Waals surface area contributed by atoms with Crippen molar-refractivity contribution in [1.29, 1.82) is 0 Å². The maximum atomic E-state index is 11.4. The first-order valence-corrected chi connectivity index (χ1v) is 8.95. The van der Waals surface area contributed by atoms with Gasteiger partial charge in [0.25, 0.3) is 0 Å². The molecule has 0 aliphatic heterocycles. The molecule has 0 saturated heterocycles. The largest absolute Gasteiger partial charge is 0.362 e. The van der Waals surface area contributed by atoms with Crippen molar-refractivity contribution in [3.8, 4) is 0 Å². The van der Waals surface area contributed by atoms with E-state index in [-0.39, 0.29) is 10.9 Å². The highest BCUT2D eigenvalue weighted by atomic mass is 32.2. The predicted octanol–water partition coefficient (Wildman–Crippen LogP) is 2.51. The third kappa shape index (κ3) is 2.94. The Morgan fingerprint density at radius 1 is 1.27 bits per heavy atom. The normalized spacial score (nSPS) is 13.2. The number of fused-ring (bicyclic) bond motifs is 1. The molecule has 0 unspecified atom stereocenters. The lowest BCUT2D eigenvalue weighted by Gasteiger charge is -2.16. The van der Waals surface area contributed by atoms with E-state index in [2.05, 4.69) is 15.3 Å². The zero-order valence-corrected chi connectivity index (χ0v) is 13.4. The molecule has 6 nitrogen and oxygen atoms in total. The minimum absolute atomic E-state index is 0.0996. The van der Waals surface area contributed by atoms with Crippen LogP contribution in [0.25, 0.3) is 10.2 Å². The molecule has 3 aromatic rings. The summed E-state index contributed by atoms with van der Waals surface area (Å²) in [5, 5.41) is 10.4. The Morgan fingerprint density at radius 2 is 2.09 bits per heavy atom. The number of aromatic nitrogens is 2. The molecule has 0 aliphatic carbocycles. The number of nitrogens with zero attached hydrogens (tertiary/aromatic N) is 2. The van der Waals surface area contributed by atoms with Gasteiger partial charge in [0.15, 0.2) is 0 Å². The number of hydrogen-bond donors (Lipinski definition) is 2. The molecule has 0 amide bonds. The Balaban J connectivity index is 1.92. The van der Waals surface area contributed by atoms with Crippen LogP contribution in [0.1, 0.15) is 18.5 Å². The lowest BCUT2D eigenvalue weighted by Crippen LogP contribution is -2.14. The van der Waals surface area contributed by atoms with Gasteiger partial charge < -0.3 is 5.32 Å². The van der Waals surface area contributed by atoms with Crippen LogP contribution in [0.2, 0.25) is 0 Å². The topological polar surface area (TPSA) is 98.0 Å². The molecule has 0 bridgehead atoms. The van der Waals surface area contributed by atoms with Gasteiger partial charge in [0.1, 0.15) is 12.1 Å². The van der Waals surface area contributed by atoms with Crippen LogP contribution >= 0.6 is 11.3 Å². The van der Waals surface area contributed by atoms with Gasteiger partial charge in [0, 0.05) is 0 Å². The van der Waals surface area contributed by atoms with E-state index in [1.165, 1.54) is 12.4 Å². The molecule has 1 aromatic carbocycles. The Labute approximate surface area is 132 Å². The summed E-state index contributed by atoms with van der Waals surface area (Å²) in [6, 6.07) is 8.38. The summed E-state index contributed by atoms with van der Waals surface area (Å²) in [5.74, 6) is 0.730. The van der Waals surface area contributed by atoms with Crippen molar-refractivity contribution < 1.29 is 8.42 Å². The monoisotopic (exact) mass is 334 g/mol. The Morgan fingerprint density at radius 3 is 2.86 bits per heavy atom. The number of nitrogens with two attached hydrogens (primary N) is 1. The van der Waals surface area contributed by atoms with Crippen LogP contribution in [0.5, 0.6) is 0 Å². The minimum atomic E-state index is -3.71. The van der Waals surface area contributed by atoms with Crippen LogP contribution in [0, 0.1) is 0 Å². The van der Waals surface area contributed by atoms with Crippen molar-refractivity contribution in [1.82, 2.24) is 9.97 Å².